The van der Waals surface area contributed by atoms with Crippen LogP contribution in [0.5, 0.6) is 5.75 Å². The van der Waals surface area contributed by atoms with E-state index in [2.05, 4.69) is 15.6 Å². The summed E-state index contributed by atoms with van der Waals surface area (Å²) in [4.78, 5) is 30.2. The van der Waals surface area contributed by atoms with Crippen LogP contribution < -0.4 is 10.1 Å². The molecule has 3 aliphatic heterocycles. The standard InChI is InChI=1S/C26H31ClF2N6O3.ClH/c1-33-23(24(28)29)18(31-32-33)13-38-20-5-4-16(27)15-6-10-35(25(37)17-11-26(7-8-26)14-30-17)19(22(15)20)12-34-9-2-3-21(34)36;/h4-5,17,19,24,30H,2-3,6-14H2,1H3;1H/t17-,19+;/m0./s1. The van der Waals surface area contributed by atoms with E-state index in [0.717, 1.165) is 48.0 Å². The average molecular weight is 585 g/mol. The van der Waals surface area contributed by atoms with E-state index in [1.54, 1.807) is 17.0 Å². The van der Waals surface area contributed by atoms with Gasteiger partial charge in [0.1, 0.15) is 23.7 Å². The lowest BCUT2D eigenvalue weighted by Gasteiger charge is -2.41. The summed E-state index contributed by atoms with van der Waals surface area (Å²) in [5.41, 5.74) is 1.59. The molecule has 2 amide bonds. The number of halogens is 4. The molecule has 0 bridgehead atoms. The van der Waals surface area contributed by atoms with Crippen molar-refractivity contribution in [3.05, 3.63) is 39.7 Å². The number of likely N-dealkylation sites (tertiary alicyclic amines) is 1. The number of aryl methyl sites for hydroxylation is 1. The summed E-state index contributed by atoms with van der Waals surface area (Å²) < 4.78 is 34.3. The number of ether oxygens (including phenoxy) is 1. The van der Waals surface area contributed by atoms with Gasteiger partial charge >= 0.3 is 0 Å². The second kappa shape index (κ2) is 10.8. The van der Waals surface area contributed by atoms with E-state index < -0.39 is 12.5 Å². The molecule has 1 aliphatic carbocycles. The first-order chi connectivity index (χ1) is 18.3. The van der Waals surface area contributed by atoms with Gasteiger partial charge < -0.3 is 19.9 Å². The van der Waals surface area contributed by atoms with Crippen LogP contribution in [0.25, 0.3) is 0 Å². The van der Waals surface area contributed by atoms with Crippen molar-refractivity contribution in [1.82, 2.24) is 30.1 Å². The Morgan fingerprint density at radius 2 is 2.08 bits per heavy atom. The number of aromatic nitrogens is 3. The first kappa shape index (κ1) is 28.0. The van der Waals surface area contributed by atoms with Crippen LogP contribution in [0.2, 0.25) is 5.02 Å². The van der Waals surface area contributed by atoms with E-state index in [0.29, 0.717) is 43.2 Å². The Hall–Kier alpha value is -2.50. The lowest BCUT2D eigenvalue weighted by molar-refractivity contribution is -0.138. The van der Waals surface area contributed by atoms with Crippen LogP contribution in [0.3, 0.4) is 0 Å². The van der Waals surface area contributed by atoms with Crippen LogP contribution in [0, 0.1) is 5.41 Å². The molecular formula is C26H32Cl2F2N6O3. The summed E-state index contributed by atoms with van der Waals surface area (Å²) in [6, 6.07) is 2.72. The number of fused-ring (bicyclic) bond motifs is 1. The van der Waals surface area contributed by atoms with Gasteiger partial charge in [0.2, 0.25) is 11.8 Å². The smallest absolute Gasteiger partial charge is 0.282 e. The summed E-state index contributed by atoms with van der Waals surface area (Å²) in [6.45, 7) is 2.09. The lowest BCUT2D eigenvalue weighted by atomic mass is 9.90. The molecule has 0 unspecified atom stereocenters. The second-order valence-corrected chi connectivity index (χ2v) is 11.4. The summed E-state index contributed by atoms with van der Waals surface area (Å²) >= 11 is 6.64. The van der Waals surface area contributed by atoms with Crippen LogP contribution in [0.15, 0.2) is 12.1 Å². The van der Waals surface area contributed by atoms with Crippen molar-refractivity contribution in [3.8, 4) is 5.75 Å². The molecule has 0 radical (unpaired) electrons. The van der Waals surface area contributed by atoms with Crippen molar-refractivity contribution in [3.63, 3.8) is 0 Å². The summed E-state index contributed by atoms with van der Waals surface area (Å²) in [7, 11) is 1.41. The number of nitrogens with zero attached hydrogens (tertiary/aromatic N) is 5. The molecular weight excluding hydrogens is 553 g/mol. The minimum atomic E-state index is -2.75. The van der Waals surface area contributed by atoms with Crippen molar-refractivity contribution in [2.45, 2.75) is 63.6 Å². The number of carbonyl (C=O) groups excluding carboxylic acids is 2. The van der Waals surface area contributed by atoms with Crippen LogP contribution in [-0.2, 0) is 29.7 Å². The van der Waals surface area contributed by atoms with Crippen molar-refractivity contribution in [2.24, 2.45) is 12.5 Å². The first-order valence-electron chi connectivity index (χ1n) is 13.2. The Labute approximate surface area is 236 Å². The predicted molar refractivity (Wildman–Crippen MR) is 141 cm³/mol. The highest BCUT2D eigenvalue weighted by Crippen LogP contribution is 2.52. The van der Waals surface area contributed by atoms with Crippen molar-refractivity contribution in [2.75, 3.05) is 26.2 Å². The zero-order valence-electron chi connectivity index (χ0n) is 21.7. The fraction of sp³-hybridized carbons (Fsp3) is 0.615. The molecule has 4 aliphatic rings. The molecule has 1 aromatic carbocycles. The minimum absolute atomic E-state index is 0. The minimum Gasteiger partial charge on any atom is -0.487 e. The molecule has 2 saturated heterocycles. The van der Waals surface area contributed by atoms with Crippen molar-refractivity contribution < 1.29 is 23.1 Å². The number of alkyl halides is 2. The molecule has 2 aromatic rings. The Bertz CT molecular complexity index is 1270. The van der Waals surface area contributed by atoms with Crippen molar-refractivity contribution >= 4 is 35.8 Å². The van der Waals surface area contributed by atoms with Gasteiger partial charge in [-0.2, -0.15) is 0 Å². The van der Waals surface area contributed by atoms with Gasteiger partial charge in [0, 0.05) is 50.2 Å². The fourth-order valence-electron chi connectivity index (χ4n) is 6.24. The van der Waals surface area contributed by atoms with Gasteiger partial charge in [-0.15, -0.1) is 17.5 Å². The number of nitrogens with one attached hydrogen (secondary N) is 1. The molecule has 1 aromatic heterocycles. The third kappa shape index (κ3) is 5.20. The lowest BCUT2D eigenvalue weighted by Crippen LogP contribution is -2.51. The number of hydrogen-bond acceptors (Lipinski definition) is 6. The number of carbonyl (C=O) groups is 2. The molecule has 2 atom stereocenters. The number of amides is 2. The van der Waals surface area contributed by atoms with E-state index in [-0.39, 0.29) is 53.7 Å². The third-order valence-corrected chi connectivity index (χ3v) is 8.90. The molecule has 4 heterocycles. The Kier molecular flexibility index (Phi) is 7.78. The van der Waals surface area contributed by atoms with Gasteiger partial charge in [0.05, 0.1) is 12.1 Å². The summed E-state index contributed by atoms with van der Waals surface area (Å²) in [6.07, 6.45) is 2.18. The number of rotatable bonds is 7. The maximum Gasteiger partial charge on any atom is 0.282 e. The van der Waals surface area contributed by atoms with E-state index in [4.69, 9.17) is 16.3 Å². The Morgan fingerprint density at radius 3 is 2.74 bits per heavy atom. The topological polar surface area (TPSA) is 92.6 Å². The maximum atomic E-state index is 13.9. The molecule has 13 heteroatoms. The van der Waals surface area contributed by atoms with E-state index in [1.807, 2.05) is 4.90 Å². The molecule has 1 saturated carbocycles. The van der Waals surface area contributed by atoms with Crippen molar-refractivity contribution in [1.29, 1.82) is 0 Å². The number of benzene rings is 1. The zero-order valence-corrected chi connectivity index (χ0v) is 23.2. The molecule has 1 N–H and O–H groups in total. The van der Waals surface area contributed by atoms with E-state index in [9.17, 15) is 18.4 Å². The van der Waals surface area contributed by atoms with Crippen LogP contribution in [0.4, 0.5) is 8.78 Å². The van der Waals surface area contributed by atoms with Crippen LogP contribution >= 0.6 is 24.0 Å². The van der Waals surface area contributed by atoms with E-state index >= 15 is 0 Å². The molecule has 9 nitrogen and oxygen atoms in total. The highest BCUT2D eigenvalue weighted by molar-refractivity contribution is 6.31. The van der Waals surface area contributed by atoms with Gasteiger partial charge in [-0.25, -0.2) is 13.5 Å². The van der Waals surface area contributed by atoms with Gasteiger partial charge in [-0.3, -0.25) is 9.59 Å². The third-order valence-electron chi connectivity index (χ3n) is 8.55. The molecule has 6 rings (SSSR count). The second-order valence-electron chi connectivity index (χ2n) is 11.0. The van der Waals surface area contributed by atoms with Gasteiger partial charge in [-0.1, -0.05) is 16.8 Å². The monoisotopic (exact) mass is 584 g/mol. The molecule has 1 spiro atoms. The largest absolute Gasteiger partial charge is 0.487 e. The van der Waals surface area contributed by atoms with E-state index in [1.165, 1.54) is 7.05 Å². The Balaban J connectivity index is 0.00000308. The van der Waals surface area contributed by atoms with Crippen LogP contribution in [-0.4, -0.2) is 68.8 Å². The normalized spacial score (nSPS) is 23.4. The van der Waals surface area contributed by atoms with Gasteiger partial charge in [-0.05, 0) is 55.2 Å². The summed E-state index contributed by atoms with van der Waals surface area (Å²) in [5, 5.41) is 11.6. The molecule has 212 valence electrons. The van der Waals surface area contributed by atoms with Gasteiger partial charge in [0.25, 0.3) is 6.43 Å². The Morgan fingerprint density at radius 1 is 1.28 bits per heavy atom. The fourth-order valence-corrected chi connectivity index (χ4v) is 6.50. The SMILES string of the molecule is Cl.Cn1nnc(COc2ccc(Cl)c3c2[C@@H](CN2CCCC2=O)N(C(=O)[C@@H]2CC4(CC4)CN2)CC3)c1C(F)F. The quantitative estimate of drug-likeness (QED) is 0.534. The highest BCUT2D eigenvalue weighted by Gasteiger charge is 2.51. The first-order valence-corrected chi connectivity index (χ1v) is 13.6. The summed E-state index contributed by atoms with van der Waals surface area (Å²) in [5.74, 6) is 0.532. The van der Waals surface area contributed by atoms with Gasteiger partial charge in [0.15, 0.2) is 0 Å². The number of hydrogen-bond donors (Lipinski definition) is 1. The average Bonchev–Trinajstić information content (AvgIpc) is 3.15. The molecule has 3 fully saturated rings. The highest BCUT2D eigenvalue weighted by atomic mass is 35.5. The molecule has 39 heavy (non-hydrogen) atoms. The predicted octanol–water partition coefficient (Wildman–Crippen LogP) is 3.60. The van der Waals surface area contributed by atoms with Crippen LogP contribution in [0.1, 0.15) is 67.1 Å². The zero-order chi connectivity index (χ0) is 26.6. The maximum absolute atomic E-state index is 13.9.